The lowest BCUT2D eigenvalue weighted by molar-refractivity contribution is 0.0695. The molecule has 0 spiro atoms. The maximum absolute atomic E-state index is 12.6. The van der Waals surface area contributed by atoms with Gasteiger partial charge in [0.2, 0.25) is 0 Å². The van der Waals surface area contributed by atoms with Crippen LogP contribution in [0, 0.1) is 5.92 Å². The molecule has 1 aliphatic rings. The minimum Gasteiger partial charge on any atom is -0.478 e. The second-order valence-electron chi connectivity index (χ2n) is 6.31. The highest BCUT2D eigenvalue weighted by atomic mass is 32.2. The Labute approximate surface area is 151 Å². The van der Waals surface area contributed by atoms with Crippen LogP contribution in [0.4, 0.5) is 0 Å². The van der Waals surface area contributed by atoms with E-state index in [1.165, 1.54) is 0 Å². The Bertz CT molecular complexity index is 770. The standard InChI is InChI=1S/C19H21NO4S/c1-25-12-16-5-6-17(24-16)18(21)20-8-7-14(11-20)9-13-3-2-4-15(10-13)19(22)23/h2-6,10,14H,7-9,11-12H2,1H3,(H,22,23)/t14-/m0/s1. The predicted molar refractivity (Wildman–Crippen MR) is 97.0 cm³/mol. The minimum absolute atomic E-state index is 0.0610. The first-order valence-electron chi connectivity index (χ1n) is 8.26. The molecule has 0 saturated carbocycles. The first-order chi connectivity index (χ1) is 12.1. The van der Waals surface area contributed by atoms with E-state index < -0.39 is 5.97 Å². The molecular weight excluding hydrogens is 338 g/mol. The minimum atomic E-state index is -0.913. The SMILES string of the molecule is CSCc1ccc(C(=O)N2CC[C@@H](Cc3cccc(C(=O)O)c3)C2)o1. The van der Waals surface area contributed by atoms with Crippen molar-refractivity contribution in [2.45, 2.75) is 18.6 Å². The molecule has 1 atom stereocenters. The van der Waals surface area contributed by atoms with Gasteiger partial charge in [0.25, 0.3) is 5.91 Å². The fourth-order valence-electron chi connectivity index (χ4n) is 3.22. The summed E-state index contributed by atoms with van der Waals surface area (Å²) in [7, 11) is 0. The van der Waals surface area contributed by atoms with Crippen LogP contribution in [0.25, 0.3) is 0 Å². The summed E-state index contributed by atoms with van der Waals surface area (Å²) >= 11 is 1.66. The Morgan fingerprint density at radius 2 is 2.16 bits per heavy atom. The summed E-state index contributed by atoms with van der Waals surface area (Å²) in [5.41, 5.74) is 1.31. The van der Waals surface area contributed by atoms with Crippen molar-refractivity contribution < 1.29 is 19.1 Å². The number of carbonyl (C=O) groups excluding carboxylic acids is 1. The van der Waals surface area contributed by atoms with Crippen LogP contribution in [0.3, 0.4) is 0 Å². The fraction of sp³-hybridized carbons (Fsp3) is 0.368. The summed E-state index contributed by atoms with van der Waals surface area (Å²) in [4.78, 5) is 25.5. The molecule has 1 fully saturated rings. The lowest BCUT2D eigenvalue weighted by Crippen LogP contribution is -2.28. The zero-order valence-corrected chi connectivity index (χ0v) is 14.9. The Morgan fingerprint density at radius 1 is 1.32 bits per heavy atom. The highest BCUT2D eigenvalue weighted by Crippen LogP contribution is 2.24. The molecule has 2 aromatic rings. The first kappa shape index (κ1) is 17.6. The summed E-state index contributed by atoms with van der Waals surface area (Å²) in [5, 5.41) is 9.09. The van der Waals surface area contributed by atoms with Crippen molar-refractivity contribution in [3.05, 3.63) is 59.0 Å². The van der Waals surface area contributed by atoms with E-state index in [1.807, 2.05) is 23.3 Å². The topological polar surface area (TPSA) is 70.8 Å². The van der Waals surface area contributed by atoms with Crippen LogP contribution in [0.15, 0.2) is 40.8 Å². The number of carbonyl (C=O) groups is 2. The molecule has 1 aromatic heterocycles. The molecular formula is C19H21NO4S. The predicted octanol–water partition coefficient (Wildman–Crippen LogP) is 3.55. The van der Waals surface area contributed by atoms with Gasteiger partial charge in [-0.25, -0.2) is 4.79 Å². The third-order valence-electron chi connectivity index (χ3n) is 4.43. The maximum Gasteiger partial charge on any atom is 0.335 e. The lowest BCUT2D eigenvalue weighted by Gasteiger charge is -2.15. The van der Waals surface area contributed by atoms with E-state index in [4.69, 9.17) is 9.52 Å². The Balaban J connectivity index is 1.60. The first-order valence-corrected chi connectivity index (χ1v) is 9.65. The molecule has 0 bridgehead atoms. The normalized spacial score (nSPS) is 17.0. The Kier molecular flexibility index (Phi) is 5.48. The third kappa shape index (κ3) is 4.25. The molecule has 6 heteroatoms. The van der Waals surface area contributed by atoms with E-state index in [0.29, 0.717) is 30.3 Å². The number of hydrogen-bond donors (Lipinski definition) is 1. The van der Waals surface area contributed by atoms with Gasteiger partial charge in [0.1, 0.15) is 5.76 Å². The van der Waals surface area contributed by atoms with E-state index in [9.17, 15) is 9.59 Å². The highest BCUT2D eigenvalue weighted by molar-refractivity contribution is 7.97. The smallest absolute Gasteiger partial charge is 0.335 e. The van der Waals surface area contributed by atoms with Crippen molar-refractivity contribution in [1.82, 2.24) is 4.90 Å². The van der Waals surface area contributed by atoms with Crippen LogP contribution in [0.1, 0.15) is 38.7 Å². The van der Waals surface area contributed by atoms with E-state index in [2.05, 4.69) is 0 Å². The number of carboxylic acids is 1. The number of hydrogen-bond acceptors (Lipinski definition) is 4. The summed E-state index contributed by atoms with van der Waals surface area (Å²) in [6.07, 6.45) is 3.69. The molecule has 1 saturated heterocycles. The number of amides is 1. The van der Waals surface area contributed by atoms with Crippen molar-refractivity contribution in [3.8, 4) is 0 Å². The van der Waals surface area contributed by atoms with Gasteiger partial charge in [0.15, 0.2) is 5.76 Å². The zero-order chi connectivity index (χ0) is 17.8. The number of rotatable bonds is 6. The van der Waals surface area contributed by atoms with Crippen molar-refractivity contribution in [3.63, 3.8) is 0 Å². The van der Waals surface area contributed by atoms with Crippen molar-refractivity contribution in [2.75, 3.05) is 19.3 Å². The molecule has 3 rings (SSSR count). The molecule has 132 valence electrons. The van der Waals surface area contributed by atoms with Gasteiger partial charge in [-0.3, -0.25) is 4.79 Å². The van der Waals surface area contributed by atoms with E-state index in [1.54, 1.807) is 36.0 Å². The largest absolute Gasteiger partial charge is 0.478 e. The molecule has 2 heterocycles. The van der Waals surface area contributed by atoms with Crippen LogP contribution >= 0.6 is 11.8 Å². The van der Waals surface area contributed by atoms with Gasteiger partial charge in [-0.1, -0.05) is 12.1 Å². The van der Waals surface area contributed by atoms with Gasteiger partial charge < -0.3 is 14.4 Å². The lowest BCUT2D eigenvalue weighted by atomic mass is 9.97. The van der Waals surface area contributed by atoms with Crippen molar-refractivity contribution >= 4 is 23.6 Å². The van der Waals surface area contributed by atoms with E-state index in [0.717, 1.165) is 29.9 Å². The number of benzene rings is 1. The van der Waals surface area contributed by atoms with Gasteiger partial charge in [0, 0.05) is 13.1 Å². The average molecular weight is 359 g/mol. The molecule has 1 amide bonds. The molecule has 1 aromatic carbocycles. The van der Waals surface area contributed by atoms with Gasteiger partial charge in [0.05, 0.1) is 11.3 Å². The number of thioether (sulfide) groups is 1. The zero-order valence-electron chi connectivity index (χ0n) is 14.1. The van der Waals surface area contributed by atoms with Crippen LogP contribution < -0.4 is 0 Å². The average Bonchev–Trinajstić information content (AvgIpc) is 3.24. The van der Waals surface area contributed by atoms with Crippen LogP contribution in [0.2, 0.25) is 0 Å². The van der Waals surface area contributed by atoms with Gasteiger partial charge in [-0.15, -0.1) is 0 Å². The second kappa shape index (κ2) is 7.78. The fourth-order valence-corrected chi connectivity index (χ4v) is 3.66. The van der Waals surface area contributed by atoms with E-state index in [-0.39, 0.29) is 5.91 Å². The van der Waals surface area contributed by atoms with Crippen LogP contribution in [-0.2, 0) is 12.2 Å². The van der Waals surface area contributed by atoms with Crippen LogP contribution in [-0.4, -0.2) is 41.2 Å². The summed E-state index contributed by atoms with van der Waals surface area (Å²) in [6, 6.07) is 10.6. The summed E-state index contributed by atoms with van der Waals surface area (Å²) in [6.45, 7) is 1.38. The molecule has 0 unspecified atom stereocenters. The number of furan rings is 1. The van der Waals surface area contributed by atoms with Crippen molar-refractivity contribution in [2.24, 2.45) is 5.92 Å². The molecule has 0 aliphatic carbocycles. The molecule has 0 radical (unpaired) electrons. The van der Waals surface area contributed by atoms with Crippen molar-refractivity contribution in [1.29, 1.82) is 0 Å². The second-order valence-corrected chi connectivity index (χ2v) is 7.18. The molecule has 5 nitrogen and oxygen atoms in total. The quantitative estimate of drug-likeness (QED) is 0.854. The monoisotopic (exact) mass is 359 g/mol. The summed E-state index contributed by atoms with van der Waals surface area (Å²) in [5.74, 6) is 1.34. The number of likely N-dealkylation sites (tertiary alicyclic amines) is 1. The maximum atomic E-state index is 12.6. The highest BCUT2D eigenvalue weighted by Gasteiger charge is 2.28. The van der Waals surface area contributed by atoms with Crippen LogP contribution in [0.5, 0.6) is 0 Å². The van der Waals surface area contributed by atoms with Gasteiger partial charge in [-0.05, 0) is 54.8 Å². The Morgan fingerprint density at radius 3 is 2.92 bits per heavy atom. The van der Waals surface area contributed by atoms with Gasteiger partial charge >= 0.3 is 5.97 Å². The Hall–Kier alpha value is -2.21. The molecule has 25 heavy (non-hydrogen) atoms. The number of carboxylic acid groups (broad SMARTS) is 1. The van der Waals surface area contributed by atoms with E-state index >= 15 is 0 Å². The summed E-state index contributed by atoms with van der Waals surface area (Å²) < 4.78 is 5.62. The van der Waals surface area contributed by atoms with Gasteiger partial charge in [-0.2, -0.15) is 11.8 Å². The third-order valence-corrected chi connectivity index (χ3v) is 5.00. The number of aromatic carboxylic acids is 1. The molecule has 1 N–H and O–H groups in total. The number of nitrogens with zero attached hydrogens (tertiary/aromatic N) is 1. The molecule has 1 aliphatic heterocycles.